The SMILES string of the molecule is CC(C)(C)Cc1ccc(-c2cc(-c3cc(C(C)(C)C)c4ccccc4c3)ncc2SC#N)cc1. The molecule has 0 aliphatic carbocycles. The van der Waals surface area contributed by atoms with E-state index >= 15 is 0 Å². The van der Waals surface area contributed by atoms with E-state index in [0.29, 0.717) is 0 Å². The molecule has 172 valence electrons. The summed E-state index contributed by atoms with van der Waals surface area (Å²) in [4.78, 5) is 5.66. The summed E-state index contributed by atoms with van der Waals surface area (Å²) in [7, 11) is 0. The van der Waals surface area contributed by atoms with E-state index in [1.54, 1.807) is 0 Å². The molecule has 0 aliphatic heterocycles. The van der Waals surface area contributed by atoms with Gasteiger partial charge in [-0.3, -0.25) is 4.98 Å². The fourth-order valence-corrected chi connectivity index (χ4v) is 4.94. The van der Waals surface area contributed by atoms with Crippen LogP contribution in [0.15, 0.2) is 77.8 Å². The van der Waals surface area contributed by atoms with Gasteiger partial charge in [-0.1, -0.05) is 90.1 Å². The highest BCUT2D eigenvalue weighted by Crippen LogP contribution is 2.37. The standard InChI is InChI=1S/C31H32N2S/c1-30(2,3)18-21-11-13-22(14-12-21)26-17-28(33-19-29(26)34-20-32)24-15-23-9-7-8-10-25(23)27(16-24)31(4,5)6/h7-17,19H,18H2,1-6H3. The molecule has 3 aromatic carbocycles. The third-order valence-electron chi connectivity index (χ3n) is 5.99. The summed E-state index contributed by atoms with van der Waals surface area (Å²) >= 11 is 1.17. The molecule has 3 heteroatoms. The van der Waals surface area contributed by atoms with Gasteiger partial charge in [-0.25, -0.2) is 0 Å². The van der Waals surface area contributed by atoms with Crippen LogP contribution in [0, 0.1) is 16.1 Å². The highest BCUT2D eigenvalue weighted by Gasteiger charge is 2.19. The second kappa shape index (κ2) is 9.28. The molecule has 0 spiro atoms. The number of aromatic nitrogens is 1. The molecule has 0 N–H and O–H groups in total. The Hall–Kier alpha value is -3.09. The van der Waals surface area contributed by atoms with Crippen molar-refractivity contribution in [3.05, 3.63) is 84.1 Å². The van der Waals surface area contributed by atoms with Crippen LogP contribution in [0.3, 0.4) is 0 Å². The van der Waals surface area contributed by atoms with E-state index in [1.807, 2.05) is 6.20 Å². The molecule has 0 saturated carbocycles. The Labute approximate surface area is 208 Å². The number of rotatable bonds is 4. The van der Waals surface area contributed by atoms with Crippen molar-refractivity contribution in [2.24, 2.45) is 5.41 Å². The van der Waals surface area contributed by atoms with Gasteiger partial charge in [0.1, 0.15) is 5.40 Å². The minimum Gasteiger partial charge on any atom is -0.255 e. The predicted molar refractivity (Wildman–Crippen MR) is 146 cm³/mol. The lowest BCUT2D eigenvalue weighted by atomic mass is 9.82. The number of hydrogen-bond acceptors (Lipinski definition) is 3. The average molecular weight is 465 g/mol. The molecule has 34 heavy (non-hydrogen) atoms. The second-order valence-electron chi connectivity index (χ2n) is 11.2. The molecule has 0 bridgehead atoms. The Morgan fingerprint density at radius 1 is 0.853 bits per heavy atom. The van der Waals surface area contributed by atoms with E-state index in [2.05, 4.69) is 114 Å². The van der Waals surface area contributed by atoms with Crippen LogP contribution in [0.25, 0.3) is 33.2 Å². The third-order valence-corrected chi connectivity index (χ3v) is 6.62. The van der Waals surface area contributed by atoms with Gasteiger partial charge in [-0.15, -0.1) is 0 Å². The zero-order chi connectivity index (χ0) is 24.5. The molecule has 0 atom stereocenters. The van der Waals surface area contributed by atoms with Crippen LogP contribution in [0.5, 0.6) is 0 Å². The van der Waals surface area contributed by atoms with Gasteiger partial charge in [0.05, 0.1) is 5.69 Å². The molecular formula is C31H32N2S. The maximum Gasteiger partial charge on any atom is 0.138 e. The number of hydrogen-bond donors (Lipinski definition) is 0. The van der Waals surface area contributed by atoms with E-state index in [0.717, 1.165) is 33.7 Å². The molecule has 2 nitrogen and oxygen atoms in total. The molecule has 0 radical (unpaired) electrons. The molecule has 0 fully saturated rings. The van der Waals surface area contributed by atoms with E-state index < -0.39 is 0 Å². The van der Waals surface area contributed by atoms with Crippen LogP contribution in [0.1, 0.15) is 52.7 Å². The maximum absolute atomic E-state index is 9.38. The van der Waals surface area contributed by atoms with Crippen LogP contribution in [0.4, 0.5) is 0 Å². The van der Waals surface area contributed by atoms with Gasteiger partial charge < -0.3 is 0 Å². The lowest BCUT2D eigenvalue weighted by molar-refractivity contribution is 0.411. The molecule has 0 unspecified atom stereocenters. The van der Waals surface area contributed by atoms with Crippen molar-refractivity contribution in [2.45, 2.75) is 58.3 Å². The topological polar surface area (TPSA) is 36.7 Å². The van der Waals surface area contributed by atoms with Crippen LogP contribution < -0.4 is 0 Å². The Morgan fingerprint density at radius 2 is 1.56 bits per heavy atom. The molecule has 4 rings (SSSR count). The summed E-state index contributed by atoms with van der Waals surface area (Å²) in [5.41, 5.74) is 7.07. The van der Waals surface area contributed by atoms with Crippen molar-refractivity contribution >= 4 is 22.5 Å². The van der Waals surface area contributed by atoms with Gasteiger partial charge in [0.2, 0.25) is 0 Å². The minimum atomic E-state index is 0.0118. The van der Waals surface area contributed by atoms with Gasteiger partial charge in [0, 0.05) is 22.2 Å². The molecule has 1 heterocycles. The minimum absolute atomic E-state index is 0.0118. The molecule has 1 aromatic heterocycles. The van der Waals surface area contributed by atoms with E-state index in [9.17, 15) is 5.26 Å². The van der Waals surface area contributed by atoms with Crippen molar-refractivity contribution in [1.29, 1.82) is 5.26 Å². The van der Waals surface area contributed by atoms with Crippen molar-refractivity contribution in [1.82, 2.24) is 4.98 Å². The first-order valence-corrected chi connectivity index (χ1v) is 12.6. The zero-order valence-corrected chi connectivity index (χ0v) is 21.8. The summed E-state index contributed by atoms with van der Waals surface area (Å²) in [5, 5.41) is 14.1. The van der Waals surface area contributed by atoms with Gasteiger partial charge in [-0.2, -0.15) is 5.26 Å². The largest absolute Gasteiger partial charge is 0.255 e. The lowest BCUT2D eigenvalue weighted by Gasteiger charge is -2.23. The average Bonchev–Trinajstić information content (AvgIpc) is 2.78. The first kappa shape index (κ1) is 24.0. The highest BCUT2D eigenvalue weighted by molar-refractivity contribution is 8.03. The Morgan fingerprint density at radius 3 is 2.21 bits per heavy atom. The molecule has 0 aliphatic rings. The summed E-state index contributed by atoms with van der Waals surface area (Å²) in [6, 6.07) is 23.9. The molecule has 4 aromatic rings. The van der Waals surface area contributed by atoms with Gasteiger partial charge in [0.25, 0.3) is 0 Å². The first-order chi connectivity index (χ1) is 16.0. The normalized spacial score (nSPS) is 12.0. The summed E-state index contributed by atoms with van der Waals surface area (Å²) in [6.07, 6.45) is 2.87. The number of thioether (sulfide) groups is 1. The van der Waals surface area contributed by atoms with Crippen molar-refractivity contribution in [3.8, 4) is 27.8 Å². The molecule has 0 saturated heterocycles. The smallest absolute Gasteiger partial charge is 0.138 e. The Kier molecular flexibility index (Phi) is 6.56. The van der Waals surface area contributed by atoms with E-state index in [4.69, 9.17) is 4.98 Å². The lowest BCUT2D eigenvalue weighted by Crippen LogP contribution is -2.12. The molecule has 0 amide bonds. The Balaban J connectivity index is 1.83. The predicted octanol–water partition coefficient (Wildman–Crippen LogP) is 9.03. The monoisotopic (exact) mass is 464 g/mol. The van der Waals surface area contributed by atoms with E-state index in [1.165, 1.54) is 33.7 Å². The molecular weight excluding hydrogens is 432 g/mol. The highest BCUT2D eigenvalue weighted by atomic mass is 32.2. The van der Waals surface area contributed by atoms with Crippen molar-refractivity contribution in [3.63, 3.8) is 0 Å². The van der Waals surface area contributed by atoms with E-state index in [-0.39, 0.29) is 10.8 Å². The van der Waals surface area contributed by atoms with Crippen LogP contribution >= 0.6 is 11.8 Å². The maximum atomic E-state index is 9.38. The van der Waals surface area contributed by atoms with Gasteiger partial charge in [-0.05, 0) is 74.7 Å². The quantitative estimate of drug-likeness (QED) is 0.223. The zero-order valence-electron chi connectivity index (χ0n) is 20.9. The first-order valence-electron chi connectivity index (χ1n) is 11.7. The Bertz CT molecular complexity index is 1360. The summed E-state index contributed by atoms with van der Waals surface area (Å²) in [6.45, 7) is 13.5. The van der Waals surface area contributed by atoms with Gasteiger partial charge in [0.15, 0.2) is 0 Å². The van der Waals surface area contributed by atoms with Crippen LogP contribution in [-0.2, 0) is 11.8 Å². The van der Waals surface area contributed by atoms with Crippen LogP contribution in [0.2, 0.25) is 0 Å². The number of fused-ring (bicyclic) bond motifs is 1. The fraction of sp³-hybridized carbons (Fsp3) is 0.290. The number of nitrogens with zero attached hydrogens (tertiary/aromatic N) is 2. The third kappa shape index (κ3) is 5.34. The number of nitriles is 1. The van der Waals surface area contributed by atoms with Crippen molar-refractivity contribution < 1.29 is 0 Å². The summed E-state index contributed by atoms with van der Waals surface area (Å²) < 4.78 is 0. The number of benzene rings is 3. The second-order valence-corrected chi connectivity index (χ2v) is 12.0. The summed E-state index contributed by atoms with van der Waals surface area (Å²) in [5.74, 6) is 0. The van der Waals surface area contributed by atoms with Gasteiger partial charge >= 0.3 is 0 Å². The number of pyridine rings is 1. The number of thiocyanates is 1. The van der Waals surface area contributed by atoms with Crippen LogP contribution in [-0.4, -0.2) is 4.98 Å². The fourth-order valence-electron chi connectivity index (χ4n) is 4.45. The van der Waals surface area contributed by atoms with Crippen molar-refractivity contribution in [2.75, 3.05) is 0 Å².